The summed E-state index contributed by atoms with van der Waals surface area (Å²) >= 11 is 0. The molecule has 2 heterocycles. The number of benzene rings is 1. The number of H-pyrrole nitrogens is 1. The number of imidazole rings is 1. The van der Waals surface area contributed by atoms with Gasteiger partial charge in [-0.3, -0.25) is 9.79 Å². The second-order valence-electron chi connectivity index (χ2n) is 6.99. The molecule has 1 aliphatic rings. The first-order chi connectivity index (χ1) is 13.2. The van der Waals surface area contributed by atoms with Crippen molar-refractivity contribution in [1.82, 2.24) is 25.5 Å². The van der Waals surface area contributed by atoms with E-state index in [1.54, 1.807) is 7.05 Å². The summed E-state index contributed by atoms with van der Waals surface area (Å²) in [5.41, 5.74) is 2.07. The van der Waals surface area contributed by atoms with E-state index in [1.807, 2.05) is 24.3 Å². The van der Waals surface area contributed by atoms with Crippen molar-refractivity contribution in [3.05, 3.63) is 30.1 Å². The maximum Gasteiger partial charge on any atom is 0.220 e. The number of fused-ring (bicyclic) bond motifs is 1. The number of hydrogen-bond donors (Lipinski definition) is 3. The van der Waals surface area contributed by atoms with Gasteiger partial charge in [-0.05, 0) is 37.8 Å². The number of aliphatic imine (C=N–C) groups is 1. The van der Waals surface area contributed by atoms with Crippen LogP contribution in [0.2, 0.25) is 0 Å². The van der Waals surface area contributed by atoms with Crippen LogP contribution in [0.3, 0.4) is 0 Å². The Kier molecular flexibility index (Phi) is 6.68. The molecular formula is C20H30N6O. The summed E-state index contributed by atoms with van der Waals surface area (Å²) in [5, 5.41) is 6.12. The Bertz CT molecular complexity index is 743. The van der Waals surface area contributed by atoms with Gasteiger partial charge in [-0.15, -0.1) is 0 Å². The first-order valence-electron chi connectivity index (χ1n) is 9.87. The topological polar surface area (TPSA) is 85.4 Å². The predicted octanol–water partition coefficient (Wildman–Crippen LogP) is 1.92. The van der Waals surface area contributed by atoms with Crippen molar-refractivity contribution in [1.29, 1.82) is 0 Å². The molecule has 0 spiro atoms. The number of likely N-dealkylation sites (tertiary alicyclic amines) is 1. The molecule has 0 radical (unpaired) electrons. The number of amides is 1. The maximum absolute atomic E-state index is 11.6. The second-order valence-corrected chi connectivity index (χ2v) is 6.99. The number of nitrogens with one attached hydrogen (secondary N) is 3. The minimum absolute atomic E-state index is 0.139. The fourth-order valence-corrected chi connectivity index (χ4v) is 3.53. The zero-order chi connectivity index (χ0) is 19.1. The molecule has 3 rings (SSSR count). The van der Waals surface area contributed by atoms with Crippen LogP contribution in [-0.4, -0.2) is 60.0 Å². The largest absolute Gasteiger partial charge is 0.359 e. The molecule has 1 amide bonds. The Hall–Kier alpha value is -2.57. The third-order valence-electron chi connectivity index (χ3n) is 5.05. The lowest BCUT2D eigenvalue weighted by Crippen LogP contribution is -2.46. The van der Waals surface area contributed by atoms with Crippen molar-refractivity contribution in [3.63, 3.8) is 0 Å². The normalized spacial score (nSPS) is 15.9. The first-order valence-corrected chi connectivity index (χ1v) is 9.87. The van der Waals surface area contributed by atoms with E-state index in [-0.39, 0.29) is 5.91 Å². The van der Waals surface area contributed by atoms with Crippen LogP contribution in [0.25, 0.3) is 11.0 Å². The SMILES string of the molecule is CCNC(=NCCc1nc2ccccc2[nH]1)N1CCC(CC(=O)NC)CC1. The number of piperidine rings is 1. The number of aromatic amines is 1. The van der Waals surface area contributed by atoms with Gasteiger partial charge in [0.25, 0.3) is 0 Å². The summed E-state index contributed by atoms with van der Waals surface area (Å²) in [5.74, 6) is 2.55. The van der Waals surface area contributed by atoms with Gasteiger partial charge < -0.3 is 20.5 Å². The van der Waals surface area contributed by atoms with E-state index >= 15 is 0 Å². The molecule has 2 aromatic rings. The van der Waals surface area contributed by atoms with E-state index in [2.05, 4.69) is 32.4 Å². The molecule has 7 nitrogen and oxygen atoms in total. The molecule has 3 N–H and O–H groups in total. The Morgan fingerprint density at radius 3 is 2.81 bits per heavy atom. The van der Waals surface area contributed by atoms with Gasteiger partial charge in [0.1, 0.15) is 5.82 Å². The summed E-state index contributed by atoms with van der Waals surface area (Å²) in [6, 6.07) is 8.08. The number of carbonyl (C=O) groups excluding carboxylic acids is 1. The van der Waals surface area contributed by atoms with Gasteiger partial charge in [0, 0.05) is 46.1 Å². The van der Waals surface area contributed by atoms with Gasteiger partial charge >= 0.3 is 0 Å². The molecule has 1 aromatic heterocycles. The molecule has 1 aromatic carbocycles. The summed E-state index contributed by atoms with van der Waals surface area (Å²) < 4.78 is 0. The zero-order valence-electron chi connectivity index (χ0n) is 16.3. The number of guanidine groups is 1. The summed E-state index contributed by atoms with van der Waals surface area (Å²) in [6.07, 6.45) is 3.48. The lowest BCUT2D eigenvalue weighted by Gasteiger charge is -2.34. The van der Waals surface area contributed by atoms with Crippen molar-refractivity contribution >= 4 is 22.9 Å². The molecule has 27 heavy (non-hydrogen) atoms. The molecule has 1 aliphatic heterocycles. The molecule has 1 fully saturated rings. The number of carbonyl (C=O) groups is 1. The highest BCUT2D eigenvalue weighted by atomic mass is 16.1. The Labute approximate surface area is 160 Å². The average molecular weight is 371 g/mol. The maximum atomic E-state index is 11.6. The number of hydrogen-bond acceptors (Lipinski definition) is 3. The minimum atomic E-state index is 0.139. The van der Waals surface area contributed by atoms with E-state index in [0.29, 0.717) is 18.9 Å². The van der Waals surface area contributed by atoms with Crippen molar-refractivity contribution < 1.29 is 4.79 Å². The Morgan fingerprint density at radius 2 is 2.11 bits per heavy atom. The van der Waals surface area contributed by atoms with Crippen molar-refractivity contribution in [3.8, 4) is 0 Å². The van der Waals surface area contributed by atoms with Crippen LogP contribution in [0.15, 0.2) is 29.3 Å². The lowest BCUT2D eigenvalue weighted by atomic mass is 9.93. The van der Waals surface area contributed by atoms with Crippen LogP contribution in [0, 0.1) is 5.92 Å². The standard InChI is InChI=1S/C20H30N6O/c1-3-22-20(26-12-9-15(10-13-26)14-19(27)21-2)23-11-8-18-24-16-6-4-5-7-17(16)25-18/h4-7,15H,3,8-14H2,1-2H3,(H,21,27)(H,22,23)(H,24,25). The second kappa shape index (κ2) is 9.39. The number of nitrogens with zero attached hydrogens (tertiary/aromatic N) is 3. The van der Waals surface area contributed by atoms with Crippen LogP contribution < -0.4 is 10.6 Å². The van der Waals surface area contributed by atoms with Gasteiger partial charge in [0.05, 0.1) is 11.0 Å². The fraction of sp³-hybridized carbons (Fsp3) is 0.550. The van der Waals surface area contributed by atoms with Crippen molar-refractivity contribution in [2.24, 2.45) is 10.9 Å². The van der Waals surface area contributed by atoms with Gasteiger partial charge in [0.2, 0.25) is 5.91 Å². The van der Waals surface area contributed by atoms with E-state index in [4.69, 9.17) is 4.99 Å². The van der Waals surface area contributed by atoms with E-state index in [0.717, 1.165) is 61.7 Å². The molecule has 146 valence electrons. The number of rotatable bonds is 6. The van der Waals surface area contributed by atoms with Crippen LogP contribution in [-0.2, 0) is 11.2 Å². The summed E-state index contributed by atoms with van der Waals surface area (Å²) in [6.45, 7) is 5.52. The van der Waals surface area contributed by atoms with Crippen molar-refractivity contribution in [2.45, 2.75) is 32.6 Å². The fourth-order valence-electron chi connectivity index (χ4n) is 3.53. The smallest absolute Gasteiger partial charge is 0.220 e. The highest BCUT2D eigenvalue weighted by Gasteiger charge is 2.23. The van der Waals surface area contributed by atoms with Crippen LogP contribution in [0.5, 0.6) is 0 Å². The molecule has 0 saturated carbocycles. The van der Waals surface area contributed by atoms with E-state index in [1.165, 1.54) is 0 Å². The van der Waals surface area contributed by atoms with E-state index < -0.39 is 0 Å². The molecule has 1 saturated heterocycles. The van der Waals surface area contributed by atoms with Crippen LogP contribution in [0.4, 0.5) is 0 Å². The molecule has 0 bridgehead atoms. The predicted molar refractivity (Wildman–Crippen MR) is 109 cm³/mol. The number of aromatic nitrogens is 2. The molecule has 0 aliphatic carbocycles. The number of para-hydroxylation sites is 2. The minimum Gasteiger partial charge on any atom is -0.359 e. The third kappa shape index (κ3) is 5.21. The Morgan fingerprint density at radius 1 is 1.33 bits per heavy atom. The molecular weight excluding hydrogens is 340 g/mol. The molecule has 7 heteroatoms. The van der Waals surface area contributed by atoms with Gasteiger partial charge in [-0.1, -0.05) is 12.1 Å². The highest BCUT2D eigenvalue weighted by Crippen LogP contribution is 2.20. The highest BCUT2D eigenvalue weighted by molar-refractivity contribution is 5.80. The summed E-state index contributed by atoms with van der Waals surface area (Å²) in [4.78, 5) is 26.6. The van der Waals surface area contributed by atoms with Gasteiger partial charge in [0.15, 0.2) is 5.96 Å². The monoisotopic (exact) mass is 370 g/mol. The molecule has 0 atom stereocenters. The quantitative estimate of drug-likeness (QED) is 0.536. The summed E-state index contributed by atoms with van der Waals surface area (Å²) in [7, 11) is 1.70. The van der Waals surface area contributed by atoms with Gasteiger partial charge in [-0.25, -0.2) is 4.98 Å². The molecule has 0 unspecified atom stereocenters. The van der Waals surface area contributed by atoms with Crippen LogP contribution in [0.1, 0.15) is 32.0 Å². The van der Waals surface area contributed by atoms with E-state index in [9.17, 15) is 4.79 Å². The third-order valence-corrected chi connectivity index (χ3v) is 5.05. The Balaban J connectivity index is 1.54. The first kappa shape index (κ1) is 19.2. The van der Waals surface area contributed by atoms with Crippen LogP contribution >= 0.6 is 0 Å². The average Bonchev–Trinajstić information content (AvgIpc) is 3.10. The zero-order valence-corrected chi connectivity index (χ0v) is 16.3. The van der Waals surface area contributed by atoms with Gasteiger partial charge in [-0.2, -0.15) is 0 Å². The van der Waals surface area contributed by atoms with Crippen molar-refractivity contribution in [2.75, 3.05) is 33.2 Å². The lowest BCUT2D eigenvalue weighted by molar-refractivity contribution is -0.121.